The lowest BCUT2D eigenvalue weighted by Crippen LogP contribution is -2.38. The fourth-order valence-corrected chi connectivity index (χ4v) is 6.96. The van der Waals surface area contributed by atoms with E-state index in [1.54, 1.807) is 12.1 Å². The molecule has 0 spiro atoms. The molecule has 3 fully saturated rings. The predicted molar refractivity (Wildman–Crippen MR) is 139 cm³/mol. The van der Waals surface area contributed by atoms with E-state index in [1.165, 1.54) is 0 Å². The minimum absolute atomic E-state index is 0.150. The molecular weight excluding hydrogens is 522 g/mol. The van der Waals surface area contributed by atoms with Crippen molar-refractivity contribution in [2.75, 3.05) is 11.4 Å². The number of anilines is 1. The van der Waals surface area contributed by atoms with Crippen LogP contribution in [0.15, 0.2) is 47.0 Å². The molecule has 0 amide bonds. The first-order valence-electron chi connectivity index (χ1n) is 12.2. The maximum Gasteiger partial charge on any atom is 0.329 e. The van der Waals surface area contributed by atoms with Gasteiger partial charge in [-0.1, -0.05) is 46.6 Å². The third-order valence-corrected chi connectivity index (χ3v) is 8.95. The summed E-state index contributed by atoms with van der Waals surface area (Å²) in [5, 5.41) is 5.45. The highest BCUT2D eigenvalue weighted by molar-refractivity contribution is 7.50. The lowest BCUT2D eigenvalue weighted by Gasteiger charge is -2.33. The van der Waals surface area contributed by atoms with Gasteiger partial charge in [0.05, 0.1) is 28.9 Å². The number of hydrogen-bond acceptors (Lipinski definition) is 5. The van der Waals surface area contributed by atoms with Gasteiger partial charge >= 0.3 is 7.60 Å². The zero-order valence-electron chi connectivity index (χ0n) is 19.5. The normalized spacial score (nSPS) is 23.6. The van der Waals surface area contributed by atoms with Crippen LogP contribution in [0.1, 0.15) is 48.5 Å². The van der Waals surface area contributed by atoms with Gasteiger partial charge in [0.2, 0.25) is 0 Å². The molecule has 7 nitrogen and oxygen atoms in total. The van der Waals surface area contributed by atoms with Gasteiger partial charge in [0.25, 0.3) is 0 Å². The fourth-order valence-electron chi connectivity index (χ4n) is 5.70. The molecule has 0 radical (unpaired) electrons. The molecular formula is C26H27Cl2N2O5P. The second-order valence-corrected chi connectivity index (χ2v) is 12.6. The van der Waals surface area contributed by atoms with E-state index >= 15 is 0 Å². The second-order valence-electron chi connectivity index (χ2n) is 10.1. The third kappa shape index (κ3) is 4.85. The van der Waals surface area contributed by atoms with Gasteiger partial charge in [-0.05, 0) is 55.5 Å². The second kappa shape index (κ2) is 9.46. The van der Waals surface area contributed by atoms with E-state index in [2.05, 4.69) is 10.1 Å². The van der Waals surface area contributed by atoms with Gasteiger partial charge < -0.3 is 23.9 Å². The molecule has 0 unspecified atom stereocenters. The number of aromatic nitrogens is 1. The van der Waals surface area contributed by atoms with Crippen molar-refractivity contribution in [3.63, 3.8) is 0 Å². The molecule has 190 valence electrons. The van der Waals surface area contributed by atoms with Crippen LogP contribution in [-0.4, -0.2) is 33.6 Å². The lowest BCUT2D eigenvalue weighted by atomic mass is 10.0. The van der Waals surface area contributed by atoms with E-state index in [4.69, 9.17) is 32.5 Å². The van der Waals surface area contributed by atoms with Gasteiger partial charge in [0, 0.05) is 41.2 Å². The van der Waals surface area contributed by atoms with Gasteiger partial charge in [-0.2, -0.15) is 0 Å². The molecule has 2 aliphatic carbocycles. The Balaban J connectivity index is 1.14. The minimum Gasteiger partial charge on any atom is -0.373 e. The molecule has 1 aliphatic heterocycles. The van der Waals surface area contributed by atoms with Crippen LogP contribution in [-0.2, 0) is 22.1 Å². The van der Waals surface area contributed by atoms with E-state index < -0.39 is 7.60 Å². The quantitative estimate of drug-likeness (QED) is 0.315. The van der Waals surface area contributed by atoms with E-state index in [9.17, 15) is 14.4 Å². The predicted octanol–water partition coefficient (Wildman–Crippen LogP) is 6.39. The number of halogens is 2. The van der Waals surface area contributed by atoms with Crippen molar-refractivity contribution in [3.05, 3.63) is 69.4 Å². The minimum atomic E-state index is -4.07. The smallest absolute Gasteiger partial charge is 0.329 e. The highest BCUT2D eigenvalue weighted by Gasteiger charge is 2.45. The number of benzene rings is 2. The first-order valence-corrected chi connectivity index (χ1v) is 14.8. The van der Waals surface area contributed by atoms with Crippen molar-refractivity contribution in [2.45, 2.75) is 56.5 Å². The summed E-state index contributed by atoms with van der Waals surface area (Å²) in [4.78, 5) is 20.8. The highest BCUT2D eigenvalue weighted by Crippen LogP contribution is 2.47. The Bertz CT molecular complexity index is 1300. The third-order valence-electron chi connectivity index (χ3n) is 7.54. The average molecular weight is 549 g/mol. The van der Waals surface area contributed by atoms with Crippen LogP contribution in [0.3, 0.4) is 0 Å². The van der Waals surface area contributed by atoms with Crippen LogP contribution in [0.4, 0.5) is 5.69 Å². The Labute approximate surface area is 219 Å². The first kappa shape index (κ1) is 24.5. The van der Waals surface area contributed by atoms with Crippen LogP contribution in [0.2, 0.25) is 10.0 Å². The van der Waals surface area contributed by atoms with Gasteiger partial charge in [0.15, 0.2) is 0 Å². The molecule has 2 N–H and O–H groups in total. The summed E-state index contributed by atoms with van der Waals surface area (Å²) >= 11 is 13.0. The van der Waals surface area contributed by atoms with E-state index in [-0.39, 0.29) is 12.3 Å². The molecule has 2 heterocycles. The maximum absolute atomic E-state index is 11.3. The van der Waals surface area contributed by atoms with Gasteiger partial charge in [-0.15, -0.1) is 0 Å². The number of hydrogen-bond donors (Lipinski definition) is 2. The molecule has 2 aromatic carbocycles. The Morgan fingerprint density at radius 3 is 2.42 bits per heavy atom. The molecule has 6 rings (SSSR count). The molecule has 10 heteroatoms. The average Bonchev–Trinajstić information content (AvgIpc) is 3.28. The zero-order chi connectivity index (χ0) is 25.0. The Kier molecular flexibility index (Phi) is 6.43. The van der Waals surface area contributed by atoms with E-state index in [0.717, 1.165) is 49.2 Å². The number of rotatable bonds is 8. The summed E-state index contributed by atoms with van der Waals surface area (Å²) in [5.74, 6) is 1.69. The van der Waals surface area contributed by atoms with Crippen molar-refractivity contribution in [2.24, 2.45) is 5.92 Å². The van der Waals surface area contributed by atoms with Crippen molar-refractivity contribution in [3.8, 4) is 11.3 Å². The van der Waals surface area contributed by atoms with E-state index in [0.29, 0.717) is 51.4 Å². The summed E-state index contributed by atoms with van der Waals surface area (Å²) < 4.78 is 23.5. The van der Waals surface area contributed by atoms with Gasteiger partial charge in [-0.3, -0.25) is 4.57 Å². The number of fused-ring (bicyclic) bond motifs is 2. The topological polar surface area (TPSA) is 96.0 Å². The molecule has 1 saturated heterocycles. The van der Waals surface area contributed by atoms with Crippen LogP contribution in [0.5, 0.6) is 0 Å². The standard InChI is InChI=1S/C26H27Cl2N2O5P/c27-21-2-1-3-22(28)24(21)25-20(26(35-29-25)16-6-7-16)13-34-23-11-19-10-17(23)12-30(19)18-8-4-15(5-9-18)14-36(31,32)33/h1-5,8-9,16-17,19,23H,6-7,10-14H2,(H2,31,32,33)/t17-,19-,23+/m0/s1. The van der Waals surface area contributed by atoms with Crippen LogP contribution in [0, 0.1) is 5.92 Å². The van der Waals surface area contributed by atoms with Crippen molar-refractivity contribution in [1.82, 2.24) is 5.16 Å². The van der Waals surface area contributed by atoms with Crippen LogP contribution < -0.4 is 4.90 Å². The number of ether oxygens (including phenoxy) is 1. The molecule has 3 atom stereocenters. The van der Waals surface area contributed by atoms with Crippen LogP contribution >= 0.6 is 30.8 Å². The summed E-state index contributed by atoms with van der Waals surface area (Å²) in [6.07, 6.45) is 4.10. The largest absolute Gasteiger partial charge is 0.373 e. The molecule has 1 aromatic heterocycles. The van der Waals surface area contributed by atoms with Gasteiger partial charge in [-0.25, -0.2) is 0 Å². The van der Waals surface area contributed by atoms with Crippen molar-refractivity contribution >= 4 is 36.5 Å². The van der Waals surface area contributed by atoms with Crippen LogP contribution in [0.25, 0.3) is 11.3 Å². The summed E-state index contributed by atoms with van der Waals surface area (Å²) in [6.45, 7) is 1.31. The fraction of sp³-hybridized carbons (Fsp3) is 0.423. The Hall–Kier alpha value is -1.86. The molecule has 2 bridgehead atoms. The monoisotopic (exact) mass is 548 g/mol. The number of nitrogens with zero attached hydrogens (tertiary/aromatic N) is 2. The molecule has 36 heavy (non-hydrogen) atoms. The lowest BCUT2D eigenvalue weighted by molar-refractivity contribution is 0.0122. The summed E-state index contributed by atoms with van der Waals surface area (Å²) in [6, 6.07) is 13.3. The Morgan fingerprint density at radius 1 is 1.08 bits per heavy atom. The molecule has 2 saturated carbocycles. The highest BCUT2D eigenvalue weighted by atomic mass is 35.5. The summed E-state index contributed by atoms with van der Waals surface area (Å²) in [7, 11) is -4.07. The Morgan fingerprint density at radius 2 is 1.81 bits per heavy atom. The van der Waals surface area contributed by atoms with Gasteiger partial charge in [0.1, 0.15) is 11.5 Å². The first-order chi connectivity index (χ1) is 17.3. The zero-order valence-corrected chi connectivity index (χ0v) is 21.9. The molecule has 3 aliphatic rings. The van der Waals surface area contributed by atoms with Crippen molar-refractivity contribution < 1.29 is 23.6 Å². The summed E-state index contributed by atoms with van der Waals surface area (Å²) in [5.41, 5.74) is 4.05. The maximum atomic E-state index is 11.3. The van der Waals surface area contributed by atoms with E-state index in [1.807, 2.05) is 30.3 Å². The van der Waals surface area contributed by atoms with Crippen molar-refractivity contribution in [1.29, 1.82) is 0 Å². The molecule has 3 aromatic rings. The SMILES string of the molecule is O=P(O)(O)Cc1ccc(N2C[C@@H]3C[C@H]2C[C@H]3OCc2c(-c3c(Cl)cccc3Cl)noc2C2CC2)cc1. The number of piperidine rings is 1.